The van der Waals surface area contributed by atoms with Gasteiger partial charge >= 0.3 is 0 Å². The van der Waals surface area contributed by atoms with Crippen LogP contribution in [0.1, 0.15) is 26.3 Å². The summed E-state index contributed by atoms with van der Waals surface area (Å²) in [7, 11) is 0. The molecule has 4 heteroatoms. The van der Waals surface area contributed by atoms with E-state index in [0.717, 1.165) is 0 Å². The van der Waals surface area contributed by atoms with Crippen LogP contribution in [-0.2, 0) is 6.42 Å². The van der Waals surface area contributed by atoms with Gasteiger partial charge in [-0.25, -0.2) is 0 Å². The van der Waals surface area contributed by atoms with Crippen LogP contribution in [-0.4, -0.2) is 4.92 Å². The van der Waals surface area contributed by atoms with Crippen molar-refractivity contribution in [2.45, 2.75) is 27.2 Å². The van der Waals surface area contributed by atoms with Crippen LogP contribution >= 0.6 is 0 Å². The number of aryl methyl sites for hydroxylation is 1. The molecule has 0 saturated heterocycles. The highest BCUT2D eigenvalue weighted by Crippen LogP contribution is 2.21. The van der Waals surface area contributed by atoms with Crippen LogP contribution in [0.5, 0.6) is 0 Å². The van der Waals surface area contributed by atoms with E-state index in [1.807, 2.05) is 20.8 Å². The maximum absolute atomic E-state index is 10.5. The van der Waals surface area contributed by atoms with E-state index >= 15 is 0 Å². The highest BCUT2D eigenvalue weighted by molar-refractivity contribution is 5.52. The van der Waals surface area contributed by atoms with Crippen molar-refractivity contribution in [3.05, 3.63) is 33.9 Å². The normalized spacial score (nSPS) is 8.79. The number of nitrogen functional groups attached to an aromatic ring is 1. The van der Waals surface area contributed by atoms with Gasteiger partial charge in [0.1, 0.15) is 0 Å². The summed E-state index contributed by atoms with van der Waals surface area (Å²) in [4.78, 5) is 10.1. The predicted octanol–water partition coefficient (Wildman–Crippen LogP) is 2.77. The number of nitro groups is 1. The molecule has 4 nitrogen and oxygen atoms in total. The third-order valence-corrected chi connectivity index (χ3v) is 1.69. The molecule has 1 aromatic carbocycles. The predicted molar refractivity (Wildman–Crippen MR) is 58.2 cm³/mol. The average Bonchev–Trinajstić information content (AvgIpc) is 2.20. The summed E-state index contributed by atoms with van der Waals surface area (Å²) in [5.41, 5.74) is 6.67. The molecule has 0 bridgehead atoms. The standard InChI is InChI=1S/C8H10N2O2.C2H6/c1-2-6-3-4-7(9)5-8(6)10(11)12;1-2/h3-5H,2,9H2,1H3;1-2H3. The zero-order valence-electron chi connectivity index (χ0n) is 8.78. The van der Waals surface area contributed by atoms with Crippen molar-refractivity contribution in [3.63, 3.8) is 0 Å². The first-order valence-corrected chi connectivity index (χ1v) is 4.68. The van der Waals surface area contributed by atoms with Gasteiger partial charge in [0.25, 0.3) is 5.69 Å². The molecule has 14 heavy (non-hydrogen) atoms. The van der Waals surface area contributed by atoms with E-state index in [2.05, 4.69) is 0 Å². The van der Waals surface area contributed by atoms with E-state index in [4.69, 9.17) is 5.73 Å². The van der Waals surface area contributed by atoms with Crippen LogP contribution in [0.4, 0.5) is 11.4 Å². The number of anilines is 1. The molecule has 78 valence electrons. The fraction of sp³-hybridized carbons (Fsp3) is 0.400. The van der Waals surface area contributed by atoms with Crippen LogP contribution < -0.4 is 5.73 Å². The van der Waals surface area contributed by atoms with E-state index in [-0.39, 0.29) is 5.69 Å². The lowest BCUT2D eigenvalue weighted by atomic mass is 10.1. The lowest BCUT2D eigenvalue weighted by Gasteiger charge is -1.99. The second-order valence-corrected chi connectivity index (χ2v) is 2.50. The van der Waals surface area contributed by atoms with Gasteiger partial charge in [-0.05, 0) is 12.5 Å². The third kappa shape index (κ3) is 3.05. The fourth-order valence-electron chi connectivity index (χ4n) is 1.05. The highest BCUT2D eigenvalue weighted by atomic mass is 16.6. The molecule has 0 heterocycles. The fourth-order valence-corrected chi connectivity index (χ4v) is 1.05. The van der Waals surface area contributed by atoms with Gasteiger partial charge in [0.05, 0.1) is 4.92 Å². The summed E-state index contributed by atoms with van der Waals surface area (Å²) < 4.78 is 0. The van der Waals surface area contributed by atoms with Gasteiger partial charge in [0, 0.05) is 17.3 Å². The lowest BCUT2D eigenvalue weighted by Crippen LogP contribution is -1.95. The second-order valence-electron chi connectivity index (χ2n) is 2.50. The van der Waals surface area contributed by atoms with Crippen molar-refractivity contribution in [1.82, 2.24) is 0 Å². The first-order valence-electron chi connectivity index (χ1n) is 4.68. The molecule has 2 N–H and O–H groups in total. The van der Waals surface area contributed by atoms with E-state index in [1.165, 1.54) is 6.07 Å². The Bertz CT molecular complexity index is 311. The zero-order valence-corrected chi connectivity index (χ0v) is 8.78. The summed E-state index contributed by atoms with van der Waals surface area (Å²) in [5.74, 6) is 0. The number of rotatable bonds is 2. The molecule has 0 fully saturated rings. The van der Waals surface area contributed by atoms with Crippen molar-refractivity contribution in [3.8, 4) is 0 Å². The Balaban J connectivity index is 0.000000791. The van der Waals surface area contributed by atoms with E-state index < -0.39 is 4.92 Å². The zero-order chi connectivity index (χ0) is 11.1. The van der Waals surface area contributed by atoms with Gasteiger partial charge < -0.3 is 5.73 Å². The number of hydrogen-bond donors (Lipinski definition) is 1. The topological polar surface area (TPSA) is 69.2 Å². The van der Waals surface area contributed by atoms with Gasteiger partial charge in [-0.3, -0.25) is 10.1 Å². The molecular formula is C10H16N2O2. The molecule has 0 aliphatic carbocycles. The second kappa shape index (κ2) is 5.96. The van der Waals surface area contributed by atoms with Crippen LogP contribution in [0.3, 0.4) is 0 Å². The molecule has 0 aliphatic heterocycles. The van der Waals surface area contributed by atoms with E-state index in [9.17, 15) is 10.1 Å². The molecule has 1 aromatic rings. The van der Waals surface area contributed by atoms with E-state index in [1.54, 1.807) is 12.1 Å². The number of benzene rings is 1. The molecule has 0 atom stereocenters. The lowest BCUT2D eigenvalue weighted by molar-refractivity contribution is -0.385. The minimum absolute atomic E-state index is 0.109. The van der Waals surface area contributed by atoms with E-state index in [0.29, 0.717) is 17.7 Å². The first-order chi connectivity index (χ1) is 6.65. The minimum Gasteiger partial charge on any atom is -0.399 e. The average molecular weight is 196 g/mol. The molecule has 0 spiro atoms. The van der Waals surface area contributed by atoms with Gasteiger partial charge in [0.15, 0.2) is 0 Å². The third-order valence-electron chi connectivity index (χ3n) is 1.69. The SMILES string of the molecule is CC.CCc1ccc(N)cc1[N+](=O)[O-]. The molecule has 1 rings (SSSR count). The Morgan fingerprint density at radius 1 is 1.43 bits per heavy atom. The molecule has 0 aliphatic rings. The molecule has 0 saturated carbocycles. The van der Waals surface area contributed by atoms with Crippen LogP contribution in [0, 0.1) is 10.1 Å². The molecule has 0 unspecified atom stereocenters. The monoisotopic (exact) mass is 196 g/mol. The van der Waals surface area contributed by atoms with Gasteiger partial charge in [-0.15, -0.1) is 0 Å². The van der Waals surface area contributed by atoms with Crippen LogP contribution in [0.15, 0.2) is 18.2 Å². The van der Waals surface area contributed by atoms with Crippen molar-refractivity contribution in [2.24, 2.45) is 0 Å². The Labute approximate surface area is 83.9 Å². The van der Waals surface area contributed by atoms with Gasteiger partial charge in [0.2, 0.25) is 0 Å². The maximum Gasteiger partial charge on any atom is 0.274 e. The highest BCUT2D eigenvalue weighted by Gasteiger charge is 2.11. The Morgan fingerprint density at radius 3 is 2.43 bits per heavy atom. The number of nitrogens with two attached hydrogens (primary N) is 1. The summed E-state index contributed by atoms with van der Waals surface area (Å²) in [6.45, 7) is 5.87. The first kappa shape index (κ1) is 12.4. The van der Waals surface area contributed by atoms with Crippen molar-refractivity contribution in [2.75, 3.05) is 5.73 Å². The van der Waals surface area contributed by atoms with Gasteiger partial charge in [-0.1, -0.05) is 26.8 Å². The Kier molecular flexibility index (Phi) is 5.29. The Morgan fingerprint density at radius 2 is 2.00 bits per heavy atom. The smallest absolute Gasteiger partial charge is 0.274 e. The Hall–Kier alpha value is -1.58. The van der Waals surface area contributed by atoms with Gasteiger partial charge in [-0.2, -0.15) is 0 Å². The quantitative estimate of drug-likeness (QED) is 0.449. The molecule has 0 radical (unpaired) electrons. The summed E-state index contributed by atoms with van der Waals surface area (Å²) >= 11 is 0. The maximum atomic E-state index is 10.5. The van der Waals surface area contributed by atoms with Crippen molar-refractivity contribution >= 4 is 11.4 Å². The summed E-state index contributed by atoms with van der Waals surface area (Å²) in [5, 5.41) is 10.5. The number of hydrogen-bond acceptors (Lipinski definition) is 3. The van der Waals surface area contributed by atoms with Crippen molar-refractivity contribution < 1.29 is 4.92 Å². The van der Waals surface area contributed by atoms with Crippen LogP contribution in [0.2, 0.25) is 0 Å². The molecular weight excluding hydrogens is 180 g/mol. The molecule has 0 aromatic heterocycles. The summed E-state index contributed by atoms with van der Waals surface area (Å²) in [6, 6.07) is 4.75. The number of nitrogens with zero attached hydrogens (tertiary/aromatic N) is 1. The van der Waals surface area contributed by atoms with Crippen LogP contribution in [0.25, 0.3) is 0 Å². The largest absolute Gasteiger partial charge is 0.399 e. The summed E-state index contributed by atoms with van der Waals surface area (Å²) in [6.07, 6.45) is 0.649. The molecule has 0 amide bonds. The minimum atomic E-state index is -0.408. The number of nitro benzene ring substituents is 1. The van der Waals surface area contributed by atoms with Crippen molar-refractivity contribution in [1.29, 1.82) is 0 Å².